The van der Waals surface area contributed by atoms with Crippen LogP contribution in [0.1, 0.15) is 0 Å². The van der Waals surface area contributed by atoms with E-state index in [1.807, 2.05) is 0 Å². The highest BCUT2D eigenvalue weighted by Crippen LogP contribution is 2.61. The molecule has 0 aromatic carbocycles. The molecule has 0 saturated carbocycles. The average molecular weight is 290 g/mol. The van der Waals surface area contributed by atoms with Crippen molar-refractivity contribution in [3.05, 3.63) is 0 Å². The quantitative estimate of drug-likeness (QED) is 0.470. The molecule has 2 heterocycles. The summed E-state index contributed by atoms with van der Waals surface area (Å²) >= 11 is 0. The second-order valence-corrected chi connectivity index (χ2v) is 6.57. The van der Waals surface area contributed by atoms with Crippen molar-refractivity contribution in [3.63, 3.8) is 0 Å². The predicted molar refractivity (Wildman–Crippen MR) is 52.1 cm³/mol. The molecule has 2 N–H and O–H groups in total. The number of hydrogen-bond acceptors (Lipinski definition) is 7. The van der Waals surface area contributed by atoms with Gasteiger partial charge in [0.1, 0.15) is 12.2 Å². The maximum absolute atomic E-state index is 11.8. The van der Waals surface area contributed by atoms with E-state index in [0.29, 0.717) is 13.2 Å². The summed E-state index contributed by atoms with van der Waals surface area (Å²) in [7, 11) is -9.25. The van der Waals surface area contributed by atoms with Gasteiger partial charge in [0.05, 0.1) is 26.4 Å². The van der Waals surface area contributed by atoms with E-state index in [1.165, 1.54) is 0 Å². The topological polar surface area (TPSA) is 127 Å². The van der Waals surface area contributed by atoms with Gasteiger partial charge in [0.25, 0.3) is 0 Å². The molecule has 2 atom stereocenters. The lowest BCUT2D eigenvalue weighted by Crippen LogP contribution is -2.07. The monoisotopic (exact) mass is 290 g/mol. The highest BCUT2D eigenvalue weighted by Gasteiger charge is 2.40. The van der Waals surface area contributed by atoms with Gasteiger partial charge in [0.15, 0.2) is 0 Å². The molecule has 2 aliphatic rings. The molecule has 2 saturated heterocycles. The number of hydrogen-bond donors (Lipinski definition) is 2. The first-order chi connectivity index (χ1) is 7.86. The number of phosphoric ester groups is 1. The molecule has 17 heavy (non-hydrogen) atoms. The van der Waals surface area contributed by atoms with Crippen LogP contribution in [0.4, 0.5) is 0 Å². The molecule has 0 aliphatic carbocycles. The lowest BCUT2D eigenvalue weighted by atomic mass is 10.5. The predicted octanol–water partition coefficient (Wildman–Crippen LogP) is 0.0346. The second kappa shape index (κ2) is 5.05. The normalized spacial score (nSPS) is 30.9. The summed E-state index contributed by atoms with van der Waals surface area (Å²) in [6.45, 7) is 0.675. The Morgan fingerprint density at radius 1 is 1.06 bits per heavy atom. The van der Waals surface area contributed by atoms with E-state index in [0.717, 1.165) is 0 Å². The van der Waals surface area contributed by atoms with Gasteiger partial charge in [-0.3, -0.25) is 9.05 Å². The molecule has 2 fully saturated rings. The van der Waals surface area contributed by atoms with Gasteiger partial charge in [0.2, 0.25) is 0 Å². The second-order valence-electron chi connectivity index (χ2n) is 3.52. The lowest BCUT2D eigenvalue weighted by Gasteiger charge is -2.17. The van der Waals surface area contributed by atoms with Crippen molar-refractivity contribution in [1.82, 2.24) is 0 Å². The zero-order valence-corrected chi connectivity index (χ0v) is 10.4. The minimum Gasteiger partial charge on any atom is -0.371 e. The maximum atomic E-state index is 11.8. The van der Waals surface area contributed by atoms with Crippen molar-refractivity contribution >= 4 is 15.6 Å². The van der Waals surface area contributed by atoms with E-state index in [-0.39, 0.29) is 25.4 Å². The van der Waals surface area contributed by atoms with Crippen molar-refractivity contribution < 1.29 is 41.7 Å². The summed E-state index contributed by atoms with van der Waals surface area (Å²) in [5.41, 5.74) is 0. The fourth-order valence-corrected chi connectivity index (χ4v) is 3.08. The molecule has 0 radical (unpaired) electrons. The number of rotatable bonds is 8. The van der Waals surface area contributed by atoms with E-state index in [4.69, 9.17) is 28.3 Å². The first-order valence-electron chi connectivity index (χ1n) is 4.75. The van der Waals surface area contributed by atoms with E-state index >= 15 is 0 Å². The third-order valence-corrected chi connectivity index (χ3v) is 4.43. The Morgan fingerprint density at radius 2 is 1.47 bits per heavy atom. The highest BCUT2D eigenvalue weighted by atomic mass is 31.3. The van der Waals surface area contributed by atoms with E-state index in [9.17, 15) is 9.13 Å². The Labute approximate surface area is 96.8 Å². The maximum Gasteiger partial charge on any atom is 0.483 e. The van der Waals surface area contributed by atoms with Gasteiger partial charge in [0, 0.05) is 0 Å². The Hall–Kier alpha value is 0.180. The van der Waals surface area contributed by atoms with Gasteiger partial charge < -0.3 is 19.3 Å². The summed E-state index contributed by atoms with van der Waals surface area (Å²) in [5.74, 6) is 0. The van der Waals surface area contributed by atoms with Crippen LogP contribution < -0.4 is 0 Å². The summed E-state index contributed by atoms with van der Waals surface area (Å²) in [5, 5.41) is 0. The molecule has 2 rings (SSSR count). The van der Waals surface area contributed by atoms with Crippen LogP contribution in [0, 0.1) is 0 Å². The zero-order valence-electron chi connectivity index (χ0n) is 8.63. The molecule has 2 unspecified atom stereocenters. The summed E-state index contributed by atoms with van der Waals surface area (Å²) in [6.07, 6.45) is -0.464. The molecule has 100 valence electrons. The summed E-state index contributed by atoms with van der Waals surface area (Å²) in [4.78, 5) is 17.2. The molecule has 0 amide bonds. The van der Waals surface area contributed by atoms with Crippen molar-refractivity contribution in [3.8, 4) is 0 Å². The summed E-state index contributed by atoms with van der Waals surface area (Å²) < 4.78 is 45.6. The lowest BCUT2D eigenvalue weighted by molar-refractivity contribution is 0.124. The Kier molecular flexibility index (Phi) is 4.04. The number of ether oxygens (including phenoxy) is 2. The molecule has 0 aromatic heterocycles. The summed E-state index contributed by atoms with van der Waals surface area (Å²) in [6, 6.07) is 0. The number of epoxide rings is 2. The van der Waals surface area contributed by atoms with Crippen LogP contribution in [0.15, 0.2) is 0 Å². The SMILES string of the molecule is O=P(O)(O)OP(=O)(OCC1CO1)OCC1CO1. The van der Waals surface area contributed by atoms with E-state index < -0.39 is 15.6 Å². The third-order valence-electron chi connectivity index (χ3n) is 1.85. The van der Waals surface area contributed by atoms with Crippen LogP contribution in [0.3, 0.4) is 0 Å². The molecule has 0 aromatic rings. The van der Waals surface area contributed by atoms with Crippen LogP contribution >= 0.6 is 15.6 Å². The Bertz CT molecular complexity index is 336. The van der Waals surface area contributed by atoms with Crippen LogP contribution in [-0.4, -0.2) is 48.4 Å². The number of phosphoric acid groups is 2. The van der Waals surface area contributed by atoms with Gasteiger partial charge >= 0.3 is 15.6 Å². The van der Waals surface area contributed by atoms with Crippen molar-refractivity contribution in [2.24, 2.45) is 0 Å². The fraction of sp³-hybridized carbons (Fsp3) is 1.00. The van der Waals surface area contributed by atoms with Crippen molar-refractivity contribution in [1.29, 1.82) is 0 Å². The zero-order chi connectivity index (χ0) is 12.5. The standard InChI is InChI=1S/C6H12O9P2/c7-16(8,9)15-17(10,13-3-5-1-11-5)14-4-6-2-12-6/h5-6H,1-4H2,(H2,7,8,9). The van der Waals surface area contributed by atoms with Gasteiger partial charge in [-0.15, -0.1) is 0 Å². The molecular weight excluding hydrogens is 278 g/mol. The molecule has 0 bridgehead atoms. The van der Waals surface area contributed by atoms with Crippen molar-refractivity contribution in [2.45, 2.75) is 12.2 Å². The van der Waals surface area contributed by atoms with Gasteiger partial charge in [-0.05, 0) is 0 Å². The Morgan fingerprint density at radius 3 is 1.76 bits per heavy atom. The first-order valence-corrected chi connectivity index (χ1v) is 7.75. The van der Waals surface area contributed by atoms with Crippen LogP contribution in [0.25, 0.3) is 0 Å². The molecule has 0 spiro atoms. The van der Waals surface area contributed by atoms with Crippen molar-refractivity contribution in [2.75, 3.05) is 26.4 Å². The minimum atomic E-state index is -4.96. The smallest absolute Gasteiger partial charge is 0.371 e. The van der Waals surface area contributed by atoms with Crippen LogP contribution in [0.2, 0.25) is 0 Å². The average Bonchev–Trinajstić information content (AvgIpc) is 3.03. The fourth-order valence-electron chi connectivity index (χ4n) is 0.892. The largest absolute Gasteiger partial charge is 0.483 e. The molecule has 9 nitrogen and oxygen atoms in total. The van der Waals surface area contributed by atoms with Crippen LogP contribution in [0.5, 0.6) is 0 Å². The van der Waals surface area contributed by atoms with Gasteiger partial charge in [-0.2, -0.15) is 4.31 Å². The van der Waals surface area contributed by atoms with E-state index in [2.05, 4.69) is 4.31 Å². The van der Waals surface area contributed by atoms with E-state index in [1.54, 1.807) is 0 Å². The minimum absolute atomic E-state index is 0.108. The molecule has 2 aliphatic heterocycles. The van der Waals surface area contributed by atoms with Gasteiger partial charge in [-0.1, -0.05) is 0 Å². The Balaban J connectivity index is 1.86. The molecular formula is C6H12O9P2. The van der Waals surface area contributed by atoms with Crippen LogP contribution in [-0.2, 0) is 32.0 Å². The third kappa shape index (κ3) is 5.56. The van der Waals surface area contributed by atoms with Gasteiger partial charge in [-0.25, -0.2) is 9.13 Å². The highest BCUT2D eigenvalue weighted by molar-refractivity contribution is 7.61. The first kappa shape index (κ1) is 13.6. The molecule has 11 heteroatoms.